The molecule has 1 saturated carbocycles. The van der Waals surface area contributed by atoms with E-state index in [0.29, 0.717) is 17.0 Å². The highest BCUT2D eigenvalue weighted by atomic mass is 32.2. The SMILES string of the molecule is Cc1cc(S(=O)(=O)NC2CCC(C)C2)ccc1C#N. The normalized spacial score (nSPS) is 23.2. The number of sulfonamides is 1. The van der Waals surface area contributed by atoms with Crippen molar-refractivity contribution in [2.45, 2.75) is 44.0 Å². The summed E-state index contributed by atoms with van der Waals surface area (Å²) in [6, 6.07) is 6.68. The first-order chi connectivity index (χ1) is 8.92. The maximum Gasteiger partial charge on any atom is 0.240 e. The van der Waals surface area contributed by atoms with Crippen LogP contribution in [0.25, 0.3) is 0 Å². The summed E-state index contributed by atoms with van der Waals surface area (Å²) >= 11 is 0. The van der Waals surface area contributed by atoms with E-state index in [0.717, 1.165) is 19.3 Å². The molecule has 19 heavy (non-hydrogen) atoms. The van der Waals surface area contributed by atoms with E-state index in [4.69, 9.17) is 5.26 Å². The Morgan fingerprint density at radius 2 is 2.11 bits per heavy atom. The van der Waals surface area contributed by atoms with Gasteiger partial charge in [-0.05, 0) is 55.9 Å². The molecule has 2 rings (SSSR count). The largest absolute Gasteiger partial charge is 0.240 e. The lowest BCUT2D eigenvalue weighted by Crippen LogP contribution is -2.33. The van der Waals surface area contributed by atoms with Crippen molar-refractivity contribution in [3.8, 4) is 6.07 Å². The van der Waals surface area contributed by atoms with Gasteiger partial charge in [0.25, 0.3) is 0 Å². The fourth-order valence-corrected chi connectivity index (χ4v) is 3.90. The summed E-state index contributed by atoms with van der Waals surface area (Å²) < 4.78 is 27.3. The Kier molecular flexibility index (Phi) is 3.93. The van der Waals surface area contributed by atoms with Gasteiger partial charge in [0.05, 0.1) is 16.5 Å². The second-order valence-electron chi connectivity index (χ2n) is 5.32. The van der Waals surface area contributed by atoms with Gasteiger partial charge in [0.1, 0.15) is 0 Å². The fourth-order valence-electron chi connectivity index (χ4n) is 2.53. The molecule has 102 valence electrons. The predicted octanol–water partition coefficient (Wildman–Crippen LogP) is 2.33. The van der Waals surface area contributed by atoms with E-state index in [2.05, 4.69) is 11.6 Å². The molecule has 2 atom stereocenters. The third-order valence-corrected chi connectivity index (χ3v) is 5.16. The summed E-state index contributed by atoms with van der Waals surface area (Å²) in [4.78, 5) is 0.239. The van der Waals surface area contributed by atoms with Crippen LogP contribution in [0.2, 0.25) is 0 Å². The molecule has 0 heterocycles. The molecule has 0 radical (unpaired) electrons. The van der Waals surface area contributed by atoms with Gasteiger partial charge in [0.2, 0.25) is 10.0 Å². The van der Waals surface area contributed by atoms with Gasteiger partial charge in [-0.3, -0.25) is 0 Å². The lowest BCUT2D eigenvalue weighted by molar-refractivity contribution is 0.538. The molecule has 1 aliphatic carbocycles. The summed E-state index contributed by atoms with van der Waals surface area (Å²) in [6.45, 7) is 3.88. The number of nitrogens with one attached hydrogen (secondary N) is 1. The fraction of sp³-hybridized carbons (Fsp3) is 0.500. The molecule has 1 N–H and O–H groups in total. The Bertz CT molecular complexity index is 617. The lowest BCUT2D eigenvalue weighted by Gasteiger charge is -2.13. The van der Waals surface area contributed by atoms with Crippen LogP contribution >= 0.6 is 0 Å². The van der Waals surface area contributed by atoms with Crippen LogP contribution in [0.5, 0.6) is 0 Å². The minimum atomic E-state index is -3.47. The van der Waals surface area contributed by atoms with Crippen LogP contribution < -0.4 is 4.72 Å². The molecule has 0 bridgehead atoms. The zero-order valence-corrected chi connectivity index (χ0v) is 12.0. The van der Waals surface area contributed by atoms with E-state index in [9.17, 15) is 8.42 Å². The molecule has 5 heteroatoms. The number of benzene rings is 1. The van der Waals surface area contributed by atoms with E-state index < -0.39 is 10.0 Å². The van der Waals surface area contributed by atoms with Gasteiger partial charge in [0.15, 0.2) is 0 Å². The third-order valence-electron chi connectivity index (χ3n) is 3.65. The minimum absolute atomic E-state index is 0.0379. The average molecular weight is 278 g/mol. The molecule has 4 nitrogen and oxygen atoms in total. The minimum Gasteiger partial charge on any atom is -0.208 e. The van der Waals surface area contributed by atoms with Crippen LogP contribution in [0.1, 0.15) is 37.3 Å². The summed E-state index contributed by atoms with van der Waals surface area (Å²) in [5, 5.41) is 8.86. The molecule has 1 aromatic carbocycles. The predicted molar refractivity (Wildman–Crippen MR) is 73.0 cm³/mol. The molecule has 0 aromatic heterocycles. The first kappa shape index (κ1) is 14.0. The Morgan fingerprint density at radius 3 is 2.63 bits per heavy atom. The maximum absolute atomic E-state index is 12.3. The zero-order chi connectivity index (χ0) is 14.0. The van der Waals surface area contributed by atoms with Crippen LogP contribution in [-0.4, -0.2) is 14.5 Å². The van der Waals surface area contributed by atoms with Crippen LogP contribution in [0.4, 0.5) is 0 Å². The quantitative estimate of drug-likeness (QED) is 0.922. The van der Waals surface area contributed by atoms with Crippen LogP contribution in [-0.2, 0) is 10.0 Å². The Balaban J connectivity index is 2.20. The lowest BCUT2D eigenvalue weighted by atomic mass is 10.1. The summed E-state index contributed by atoms with van der Waals surface area (Å²) in [7, 11) is -3.47. The zero-order valence-electron chi connectivity index (χ0n) is 11.2. The highest BCUT2D eigenvalue weighted by Gasteiger charge is 2.26. The second kappa shape index (κ2) is 5.32. The summed E-state index contributed by atoms with van der Waals surface area (Å²) in [6.07, 6.45) is 2.86. The van der Waals surface area contributed by atoms with Gasteiger partial charge < -0.3 is 0 Å². The molecular formula is C14H18N2O2S. The van der Waals surface area contributed by atoms with Crippen molar-refractivity contribution in [1.82, 2.24) is 4.72 Å². The first-order valence-corrected chi connectivity index (χ1v) is 7.94. The molecule has 1 aliphatic rings. The molecule has 2 unspecified atom stereocenters. The Morgan fingerprint density at radius 1 is 1.37 bits per heavy atom. The van der Waals surface area contributed by atoms with Gasteiger partial charge in [-0.15, -0.1) is 0 Å². The highest BCUT2D eigenvalue weighted by molar-refractivity contribution is 7.89. The highest BCUT2D eigenvalue weighted by Crippen LogP contribution is 2.26. The molecule has 0 amide bonds. The number of nitrogens with zero attached hydrogens (tertiary/aromatic N) is 1. The van der Waals surface area contributed by atoms with E-state index in [1.165, 1.54) is 6.07 Å². The van der Waals surface area contributed by atoms with Crippen molar-refractivity contribution < 1.29 is 8.42 Å². The molecule has 0 spiro atoms. The Labute approximate surface area is 114 Å². The molecular weight excluding hydrogens is 260 g/mol. The van der Waals surface area contributed by atoms with Gasteiger partial charge >= 0.3 is 0 Å². The van der Waals surface area contributed by atoms with Gasteiger partial charge in [-0.25, -0.2) is 13.1 Å². The number of hydrogen-bond donors (Lipinski definition) is 1. The van der Waals surface area contributed by atoms with E-state index in [-0.39, 0.29) is 10.9 Å². The monoisotopic (exact) mass is 278 g/mol. The van der Waals surface area contributed by atoms with Crippen molar-refractivity contribution in [2.75, 3.05) is 0 Å². The average Bonchev–Trinajstić information content (AvgIpc) is 2.73. The van der Waals surface area contributed by atoms with E-state index in [1.54, 1.807) is 19.1 Å². The van der Waals surface area contributed by atoms with Crippen molar-refractivity contribution in [2.24, 2.45) is 5.92 Å². The third kappa shape index (κ3) is 3.14. The van der Waals surface area contributed by atoms with Crippen LogP contribution in [0, 0.1) is 24.2 Å². The number of hydrogen-bond acceptors (Lipinski definition) is 3. The first-order valence-electron chi connectivity index (χ1n) is 6.45. The maximum atomic E-state index is 12.3. The summed E-state index contributed by atoms with van der Waals surface area (Å²) in [5.74, 6) is 0.579. The second-order valence-corrected chi connectivity index (χ2v) is 7.04. The van der Waals surface area contributed by atoms with Gasteiger partial charge in [-0.2, -0.15) is 5.26 Å². The van der Waals surface area contributed by atoms with E-state index >= 15 is 0 Å². The van der Waals surface area contributed by atoms with Crippen molar-refractivity contribution in [3.63, 3.8) is 0 Å². The molecule has 1 fully saturated rings. The molecule has 1 aromatic rings. The summed E-state index contributed by atoms with van der Waals surface area (Å²) in [5.41, 5.74) is 1.19. The van der Waals surface area contributed by atoms with Crippen LogP contribution in [0.15, 0.2) is 23.1 Å². The van der Waals surface area contributed by atoms with Crippen molar-refractivity contribution in [3.05, 3.63) is 29.3 Å². The van der Waals surface area contributed by atoms with Gasteiger partial charge in [0, 0.05) is 6.04 Å². The smallest absolute Gasteiger partial charge is 0.208 e. The van der Waals surface area contributed by atoms with Gasteiger partial charge in [-0.1, -0.05) is 6.92 Å². The number of rotatable bonds is 3. The van der Waals surface area contributed by atoms with Crippen molar-refractivity contribution >= 4 is 10.0 Å². The molecule has 0 saturated heterocycles. The standard InChI is InChI=1S/C14H18N2O2S/c1-10-3-5-13(7-10)16-19(17,18)14-6-4-12(9-15)11(2)8-14/h4,6,8,10,13,16H,3,5,7H2,1-2H3. The number of nitriles is 1. The Hall–Kier alpha value is -1.38. The molecule has 0 aliphatic heterocycles. The number of aryl methyl sites for hydroxylation is 1. The van der Waals surface area contributed by atoms with Crippen molar-refractivity contribution in [1.29, 1.82) is 5.26 Å². The van der Waals surface area contributed by atoms with Crippen LogP contribution in [0.3, 0.4) is 0 Å². The van der Waals surface area contributed by atoms with E-state index in [1.807, 2.05) is 6.07 Å². The topological polar surface area (TPSA) is 70.0 Å².